The first-order valence-corrected chi connectivity index (χ1v) is 6.49. The average Bonchev–Trinajstić information content (AvgIpc) is 3.04. The number of rotatable bonds is 0. The molecule has 5 nitrogen and oxygen atoms in total. The van der Waals surface area contributed by atoms with Crippen LogP contribution in [-0.4, -0.2) is 43.5 Å². The second kappa shape index (κ2) is 3.29. The molecule has 0 heterocycles. The normalized spacial score (nSPS) is 45.7. The van der Waals surface area contributed by atoms with E-state index in [4.69, 9.17) is 0 Å². The Morgan fingerprint density at radius 2 is 1.84 bits per heavy atom. The summed E-state index contributed by atoms with van der Waals surface area (Å²) in [6.45, 7) is 5.02. The van der Waals surface area contributed by atoms with Gasteiger partial charge in [0.05, 0.1) is 0 Å². The van der Waals surface area contributed by atoms with Crippen LogP contribution in [0.2, 0.25) is 0 Å². The number of aliphatic hydroxyl groups excluding tert-OH is 1. The highest BCUT2D eigenvalue weighted by Gasteiger charge is 2.65. The first kappa shape index (κ1) is 12.8. The van der Waals surface area contributed by atoms with Crippen molar-refractivity contribution in [3.8, 4) is 0 Å². The van der Waals surface area contributed by atoms with E-state index in [0.29, 0.717) is 11.1 Å². The molecular formula is C14H19NO4. The Hall–Kier alpha value is -1.17. The van der Waals surface area contributed by atoms with Crippen LogP contribution in [-0.2, 0) is 0 Å². The molecule has 3 aliphatic rings. The van der Waals surface area contributed by atoms with E-state index < -0.39 is 22.7 Å². The third-order valence-corrected chi connectivity index (χ3v) is 5.17. The van der Waals surface area contributed by atoms with Gasteiger partial charge in [-0.3, -0.25) is 0 Å². The lowest BCUT2D eigenvalue weighted by atomic mass is 9.67. The van der Waals surface area contributed by atoms with Crippen LogP contribution in [0.5, 0.6) is 0 Å². The minimum absolute atomic E-state index is 0.141. The van der Waals surface area contributed by atoms with Crippen LogP contribution < -0.4 is 0 Å². The van der Waals surface area contributed by atoms with E-state index in [1.807, 2.05) is 6.92 Å². The summed E-state index contributed by atoms with van der Waals surface area (Å²) in [7, 11) is 0. The quantitative estimate of drug-likeness (QED) is 0.384. The zero-order chi connectivity index (χ0) is 14.2. The molecule has 5 heteroatoms. The number of fused-ring (bicyclic) bond motifs is 1. The Morgan fingerprint density at radius 3 is 2.32 bits per heavy atom. The van der Waals surface area contributed by atoms with E-state index in [2.05, 4.69) is 5.16 Å². The van der Waals surface area contributed by atoms with Crippen molar-refractivity contribution >= 4 is 5.71 Å². The van der Waals surface area contributed by atoms with Gasteiger partial charge in [0.25, 0.3) is 0 Å². The van der Waals surface area contributed by atoms with Gasteiger partial charge in [0.15, 0.2) is 0 Å². The lowest BCUT2D eigenvalue weighted by molar-refractivity contribution is 0.00112. The van der Waals surface area contributed by atoms with Crippen molar-refractivity contribution in [3.05, 3.63) is 22.8 Å². The highest BCUT2D eigenvalue weighted by atomic mass is 16.4. The van der Waals surface area contributed by atoms with Crippen LogP contribution in [0.1, 0.15) is 33.6 Å². The zero-order valence-corrected chi connectivity index (χ0v) is 11.3. The highest BCUT2D eigenvalue weighted by molar-refractivity contribution is 6.12. The summed E-state index contributed by atoms with van der Waals surface area (Å²) in [5.74, 6) is 0. The topological polar surface area (TPSA) is 93.3 Å². The molecule has 1 spiro atoms. The summed E-state index contributed by atoms with van der Waals surface area (Å²) in [4.78, 5) is 0. The molecule has 0 amide bonds. The molecule has 3 atom stereocenters. The van der Waals surface area contributed by atoms with Crippen LogP contribution in [0.4, 0.5) is 0 Å². The van der Waals surface area contributed by atoms with E-state index in [1.54, 1.807) is 6.92 Å². The summed E-state index contributed by atoms with van der Waals surface area (Å²) >= 11 is 0. The number of oxime groups is 1. The zero-order valence-electron chi connectivity index (χ0n) is 11.3. The molecule has 0 unspecified atom stereocenters. The van der Waals surface area contributed by atoms with Crippen LogP contribution in [0, 0.1) is 5.41 Å². The van der Waals surface area contributed by atoms with E-state index in [0.717, 1.165) is 18.4 Å². The minimum Gasteiger partial charge on any atom is -0.411 e. The Labute approximate surface area is 111 Å². The van der Waals surface area contributed by atoms with Crippen molar-refractivity contribution < 1.29 is 20.5 Å². The fraction of sp³-hybridized carbons (Fsp3) is 0.643. The summed E-state index contributed by atoms with van der Waals surface area (Å²) in [5.41, 5.74) is -1.06. The van der Waals surface area contributed by atoms with Gasteiger partial charge in [-0.05, 0) is 45.3 Å². The molecule has 0 aliphatic heterocycles. The maximum absolute atomic E-state index is 10.8. The van der Waals surface area contributed by atoms with E-state index in [1.165, 1.54) is 13.0 Å². The smallest absolute Gasteiger partial charge is 0.119 e. The van der Waals surface area contributed by atoms with Crippen molar-refractivity contribution in [1.29, 1.82) is 0 Å². The molecule has 19 heavy (non-hydrogen) atoms. The molecule has 0 radical (unpaired) electrons. The van der Waals surface area contributed by atoms with Crippen LogP contribution >= 0.6 is 0 Å². The van der Waals surface area contributed by atoms with E-state index in [9.17, 15) is 20.5 Å². The molecule has 104 valence electrons. The van der Waals surface area contributed by atoms with Gasteiger partial charge >= 0.3 is 0 Å². The van der Waals surface area contributed by atoms with Gasteiger partial charge in [-0.15, -0.1) is 0 Å². The van der Waals surface area contributed by atoms with Crippen molar-refractivity contribution in [2.75, 3.05) is 0 Å². The predicted molar refractivity (Wildman–Crippen MR) is 68.9 cm³/mol. The molecule has 0 aromatic heterocycles. The van der Waals surface area contributed by atoms with Gasteiger partial charge < -0.3 is 20.5 Å². The predicted octanol–water partition coefficient (Wildman–Crippen LogP) is 0.730. The lowest BCUT2D eigenvalue weighted by Gasteiger charge is -2.41. The average molecular weight is 265 g/mol. The maximum atomic E-state index is 10.8. The monoisotopic (exact) mass is 265 g/mol. The number of hydrogen-bond acceptors (Lipinski definition) is 5. The summed E-state index contributed by atoms with van der Waals surface area (Å²) in [5, 5.41) is 43.8. The van der Waals surface area contributed by atoms with Crippen LogP contribution in [0.15, 0.2) is 28.0 Å². The van der Waals surface area contributed by atoms with Gasteiger partial charge in [-0.2, -0.15) is 0 Å². The van der Waals surface area contributed by atoms with Gasteiger partial charge in [-0.25, -0.2) is 0 Å². The van der Waals surface area contributed by atoms with Crippen LogP contribution in [0.25, 0.3) is 0 Å². The van der Waals surface area contributed by atoms with Gasteiger partial charge in [0.2, 0.25) is 0 Å². The molecule has 4 N–H and O–H groups in total. The molecule has 0 aromatic rings. The number of nitrogens with zero attached hydrogens (tertiary/aromatic N) is 1. The van der Waals surface area contributed by atoms with E-state index >= 15 is 0 Å². The third-order valence-electron chi connectivity index (χ3n) is 5.17. The first-order chi connectivity index (χ1) is 8.69. The number of aliphatic hydroxyl groups is 3. The standard InChI is InChI=1S/C14H19NO4/c1-7-9-8(6-12(2,17)11(9)16)10(15-19)13(3,18)14(7)4-5-14/h6,11,16-19H,4-5H2,1-3H3/b15-10+/t11-,12-,13+/m1/s1. The minimum atomic E-state index is -1.40. The Kier molecular flexibility index (Phi) is 2.22. The molecule has 0 bridgehead atoms. The second-order valence-corrected chi connectivity index (χ2v) is 6.33. The SMILES string of the molecule is CC1=C2C(=C[C@@](C)(O)[C@@H]2O)/C(=N\O)[C@](C)(O)C12CC2. The second-order valence-electron chi connectivity index (χ2n) is 6.33. The summed E-state index contributed by atoms with van der Waals surface area (Å²) in [6, 6.07) is 0. The molecule has 1 fully saturated rings. The molecule has 0 aromatic carbocycles. The molecule has 0 saturated heterocycles. The molecule has 3 rings (SSSR count). The Morgan fingerprint density at radius 1 is 1.26 bits per heavy atom. The fourth-order valence-electron chi connectivity index (χ4n) is 3.74. The maximum Gasteiger partial charge on any atom is 0.119 e. The largest absolute Gasteiger partial charge is 0.411 e. The van der Waals surface area contributed by atoms with Crippen molar-refractivity contribution in [1.82, 2.24) is 0 Å². The van der Waals surface area contributed by atoms with Gasteiger partial charge in [0, 0.05) is 11.0 Å². The number of hydrogen-bond donors (Lipinski definition) is 4. The van der Waals surface area contributed by atoms with Crippen LogP contribution in [0.3, 0.4) is 0 Å². The molecule has 3 aliphatic carbocycles. The highest BCUT2D eigenvalue weighted by Crippen LogP contribution is 2.65. The third kappa shape index (κ3) is 1.28. The van der Waals surface area contributed by atoms with Crippen molar-refractivity contribution in [2.24, 2.45) is 10.6 Å². The summed E-state index contributed by atoms with van der Waals surface area (Å²) in [6.07, 6.45) is 2.00. The Balaban J connectivity index is 2.31. The Bertz CT molecular complexity index is 550. The van der Waals surface area contributed by atoms with Crippen molar-refractivity contribution in [2.45, 2.75) is 50.9 Å². The van der Waals surface area contributed by atoms with Gasteiger partial charge in [-0.1, -0.05) is 10.7 Å². The first-order valence-electron chi connectivity index (χ1n) is 6.49. The van der Waals surface area contributed by atoms with Crippen molar-refractivity contribution in [3.63, 3.8) is 0 Å². The molecule has 1 saturated carbocycles. The van der Waals surface area contributed by atoms with Gasteiger partial charge in [0.1, 0.15) is 23.0 Å². The lowest BCUT2D eigenvalue weighted by Crippen LogP contribution is -2.50. The molecular weight excluding hydrogens is 246 g/mol. The fourth-order valence-corrected chi connectivity index (χ4v) is 3.74. The van der Waals surface area contributed by atoms with E-state index in [-0.39, 0.29) is 5.71 Å². The summed E-state index contributed by atoms with van der Waals surface area (Å²) < 4.78 is 0.